The molecule has 0 saturated carbocycles. The number of nitrogens with one attached hydrogen (secondary N) is 1. The summed E-state index contributed by atoms with van der Waals surface area (Å²) in [6.45, 7) is 11.4. The van der Waals surface area contributed by atoms with Gasteiger partial charge in [0.2, 0.25) is 11.8 Å². The van der Waals surface area contributed by atoms with Crippen molar-refractivity contribution < 1.29 is 14.3 Å². The van der Waals surface area contributed by atoms with Crippen LogP contribution in [0.1, 0.15) is 60.3 Å². The Labute approximate surface area is 128 Å². The van der Waals surface area contributed by atoms with Crippen LogP contribution in [0.5, 0.6) is 0 Å². The number of piperazine rings is 1. The molecular weight excluding hydrogens is 268 g/mol. The van der Waals surface area contributed by atoms with Gasteiger partial charge >= 0.3 is 0 Å². The van der Waals surface area contributed by atoms with E-state index in [9.17, 15) is 9.59 Å². The van der Waals surface area contributed by atoms with Crippen molar-refractivity contribution in [1.82, 2.24) is 10.2 Å². The zero-order chi connectivity index (χ0) is 16.1. The summed E-state index contributed by atoms with van der Waals surface area (Å²) in [5, 5.41) is 2.98. The Morgan fingerprint density at radius 1 is 1.05 bits per heavy atom. The highest BCUT2D eigenvalue weighted by molar-refractivity contribution is 6.02. The van der Waals surface area contributed by atoms with Gasteiger partial charge in [0.05, 0.1) is 6.61 Å². The first-order valence-electron chi connectivity index (χ1n) is 8.14. The molecule has 5 nitrogen and oxygen atoms in total. The Hall–Kier alpha value is -1.10. The molecule has 1 aliphatic rings. The lowest BCUT2D eigenvalue weighted by atomic mass is 9.81. The molecule has 1 rings (SSSR count). The highest BCUT2D eigenvalue weighted by atomic mass is 16.5. The van der Waals surface area contributed by atoms with Gasteiger partial charge in [-0.15, -0.1) is 0 Å². The molecule has 122 valence electrons. The van der Waals surface area contributed by atoms with Crippen molar-refractivity contribution in [3.8, 4) is 0 Å². The van der Waals surface area contributed by atoms with Crippen molar-refractivity contribution in [2.24, 2.45) is 0 Å². The van der Waals surface area contributed by atoms with Gasteiger partial charge in [-0.2, -0.15) is 0 Å². The van der Waals surface area contributed by atoms with E-state index in [1.807, 2.05) is 27.7 Å². The first kappa shape index (κ1) is 18.0. The maximum absolute atomic E-state index is 12.9. The van der Waals surface area contributed by atoms with Crippen LogP contribution in [0.2, 0.25) is 0 Å². The first-order valence-corrected chi connectivity index (χ1v) is 8.14. The van der Waals surface area contributed by atoms with Crippen LogP contribution in [-0.2, 0) is 14.3 Å². The van der Waals surface area contributed by atoms with Crippen LogP contribution < -0.4 is 5.32 Å². The predicted octanol–water partition coefficient (Wildman–Crippen LogP) is 2.10. The minimum absolute atomic E-state index is 0.0246. The quantitative estimate of drug-likeness (QED) is 0.698. The van der Waals surface area contributed by atoms with Gasteiger partial charge in [-0.25, -0.2) is 0 Å². The van der Waals surface area contributed by atoms with Crippen molar-refractivity contribution in [2.45, 2.75) is 71.4 Å². The van der Waals surface area contributed by atoms with Gasteiger partial charge in [-0.1, -0.05) is 27.7 Å². The third-order valence-electron chi connectivity index (χ3n) is 4.80. The van der Waals surface area contributed by atoms with E-state index >= 15 is 0 Å². The largest absolute Gasteiger partial charge is 0.380 e. The number of hydrogen-bond acceptors (Lipinski definition) is 3. The molecular formula is C16H30N2O3. The molecule has 1 unspecified atom stereocenters. The standard InChI is InChI=1S/C16H30N2O3/c1-6-11-21-12-10-18-14(20)16(8-3,9-4)17-13(19)15(18,5)7-2/h6-12H2,1-5H3,(H,17,19). The molecule has 5 heteroatoms. The zero-order valence-corrected chi connectivity index (χ0v) is 14.1. The lowest BCUT2D eigenvalue weighted by molar-refractivity contribution is -0.164. The van der Waals surface area contributed by atoms with Gasteiger partial charge < -0.3 is 15.0 Å². The van der Waals surface area contributed by atoms with Crippen molar-refractivity contribution >= 4 is 11.8 Å². The second-order valence-electron chi connectivity index (χ2n) is 5.94. The fourth-order valence-electron chi connectivity index (χ4n) is 2.84. The molecule has 0 spiro atoms. The van der Waals surface area contributed by atoms with E-state index < -0.39 is 11.1 Å². The first-order chi connectivity index (χ1) is 9.91. The molecule has 0 aromatic carbocycles. The number of amides is 2. The van der Waals surface area contributed by atoms with Crippen LogP contribution in [-0.4, -0.2) is 47.6 Å². The van der Waals surface area contributed by atoms with E-state index in [-0.39, 0.29) is 11.8 Å². The average molecular weight is 298 g/mol. The maximum atomic E-state index is 12.9. The zero-order valence-electron chi connectivity index (χ0n) is 14.1. The highest BCUT2D eigenvalue weighted by Gasteiger charge is 2.53. The molecule has 21 heavy (non-hydrogen) atoms. The maximum Gasteiger partial charge on any atom is 0.249 e. The molecule has 1 N–H and O–H groups in total. The molecule has 1 atom stereocenters. The highest BCUT2D eigenvalue weighted by Crippen LogP contribution is 2.32. The fourth-order valence-corrected chi connectivity index (χ4v) is 2.84. The second kappa shape index (κ2) is 7.25. The number of carbonyl (C=O) groups is 2. The summed E-state index contributed by atoms with van der Waals surface area (Å²) in [5.41, 5.74) is -1.53. The predicted molar refractivity (Wildman–Crippen MR) is 83.0 cm³/mol. The van der Waals surface area contributed by atoms with Crippen LogP contribution in [0.3, 0.4) is 0 Å². The lowest BCUT2D eigenvalue weighted by Gasteiger charge is -2.50. The van der Waals surface area contributed by atoms with E-state index in [1.54, 1.807) is 4.90 Å². The SMILES string of the molecule is CCCOCCN1C(=O)C(CC)(CC)NC(=O)C1(C)CC. The Morgan fingerprint density at radius 2 is 1.67 bits per heavy atom. The third-order valence-corrected chi connectivity index (χ3v) is 4.80. The van der Waals surface area contributed by atoms with E-state index in [4.69, 9.17) is 4.74 Å². The second-order valence-corrected chi connectivity index (χ2v) is 5.94. The summed E-state index contributed by atoms with van der Waals surface area (Å²) in [7, 11) is 0. The topological polar surface area (TPSA) is 58.6 Å². The van der Waals surface area contributed by atoms with Gasteiger partial charge in [-0.05, 0) is 32.6 Å². The minimum Gasteiger partial charge on any atom is -0.380 e. The Kier molecular flexibility index (Phi) is 6.20. The molecule has 1 saturated heterocycles. The van der Waals surface area contributed by atoms with Crippen LogP contribution >= 0.6 is 0 Å². The minimum atomic E-state index is -0.777. The molecule has 0 bridgehead atoms. The van der Waals surface area contributed by atoms with Crippen LogP contribution in [0.4, 0.5) is 0 Å². The normalized spacial score (nSPS) is 25.1. The average Bonchev–Trinajstić information content (AvgIpc) is 2.50. The molecule has 2 amide bonds. The molecule has 0 aromatic rings. The van der Waals surface area contributed by atoms with Crippen molar-refractivity contribution in [3.63, 3.8) is 0 Å². The number of rotatable bonds is 8. The molecule has 0 aliphatic carbocycles. The van der Waals surface area contributed by atoms with E-state index in [1.165, 1.54) is 0 Å². The van der Waals surface area contributed by atoms with Crippen LogP contribution in [0.15, 0.2) is 0 Å². The van der Waals surface area contributed by atoms with E-state index in [2.05, 4.69) is 12.2 Å². The van der Waals surface area contributed by atoms with Crippen molar-refractivity contribution in [2.75, 3.05) is 19.8 Å². The molecule has 1 aliphatic heterocycles. The molecule has 1 heterocycles. The molecule has 1 fully saturated rings. The lowest BCUT2D eigenvalue weighted by Crippen LogP contribution is -2.74. The number of hydrogen-bond donors (Lipinski definition) is 1. The van der Waals surface area contributed by atoms with Gasteiger partial charge in [0, 0.05) is 13.2 Å². The Morgan fingerprint density at radius 3 is 2.14 bits per heavy atom. The number of ether oxygens (including phenoxy) is 1. The van der Waals surface area contributed by atoms with E-state index in [0.29, 0.717) is 39.0 Å². The molecule has 0 aromatic heterocycles. The van der Waals surface area contributed by atoms with Gasteiger partial charge in [0.1, 0.15) is 11.1 Å². The summed E-state index contributed by atoms with van der Waals surface area (Å²) < 4.78 is 5.52. The summed E-state index contributed by atoms with van der Waals surface area (Å²) >= 11 is 0. The van der Waals surface area contributed by atoms with Gasteiger partial charge in [0.15, 0.2) is 0 Å². The Balaban J connectivity index is 2.99. The van der Waals surface area contributed by atoms with Gasteiger partial charge in [0.25, 0.3) is 0 Å². The number of carbonyl (C=O) groups excluding carboxylic acids is 2. The summed E-state index contributed by atoms with van der Waals surface area (Å²) in [4.78, 5) is 27.3. The van der Waals surface area contributed by atoms with Crippen LogP contribution in [0.25, 0.3) is 0 Å². The molecule has 0 radical (unpaired) electrons. The van der Waals surface area contributed by atoms with Gasteiger partial charge in [-0.3, -0.25) is 9.59 Å². The summed E-state index contributed by atoms with van der Waals surface area (Å²) in [5.74, 6) is -0.0275. The smallest absolute Gasteiger partial charge is 0.249 e. The Bertz CT molecular complexity index is 380. The summed E-state index contributed by atoms with van der Waals surface area (Å²) in [6.07, 6.45) is 2.77. The number of nitrogens with zero attached hydrogens (tertiary/aromatic N) is 1. The van der Waals surface area contributed by atoms with Crippen LogP contribution in [0, 0.1) is 0 Å². The summed E-state index contributed by atoms with van der Waals surface area (Å²) in [6, 6.07) is 0. The monoisotopic (exact) mass is 298 g/mol. The van der Waals surface area contributed by atoms with E-state index in [0.717, 1.165) is 6.42 Å². The third kappa shape index (κ3) is 3.23. The van der Waals surface area contributed by atoms with Crippen molar-refractivity contribution in [1.29, 1.82) is 0 Å². The van der Waals surface area contributed by atoms with Crippen molar-refractivity contribution in [3.05, 3.63) is 0 Å². The fraction of sp³-hybridized carbons (Fsp3) is 0.875.